The van der Waals surface area contributed by atoms with Gasteiger partial charge in [-0.2, -0.15) is 9.97 Å². The van der Waals surface area contributed by atoms with Crippen LogP contribution >= 0.6 is 18.7 Å². The van der Waals surface area contributed by atoms with Gasteiger partial charge in [-0.3, -0.25) is 4.90 Å². The average molecular weight is 461 g/mol. The summed E-state index contributed by atoms with van der Waals surface area (Å²) in [6, 6.07) is 6.47. The molecule has 8 nitrogen and oxygen atoms in total. The highest BCUT2D eigenvalue weighted by Crippen LogP contribution is 2.49. The van der Waals surface area contributed by atoms with E-state index in [1.54, 1.807) is 20.4 Å². The molecule has 3 heterocycles. The second-order valence-corrected chi connectivity index (χ2v) is 11.7. The summed E-state index contributed by atoms with van der Waals surface area (Å²) in [5.74, 6) is 1.66. The van der Waals surface area contributed by atoms with Crippen molar-refractivity contribution in [3.05, 3.63) is 29.4 Å². The number of hydrogen-bond donors (Lipinski definition) is 3. The van der Waals surface area contributed by atoms with Crippen LogP contribution in [0.25, 0.3) is 11.0 Å². The minimum Gasteiger partial charge on any atom is -0.495 e. The molecule has 31 heavy (non-hydrogen) atoms. The lowest BCUT2D eigenvalue weighted by atomic mass is 10.3. The number of benzene rings is 1. The van der Waals surface area contributed by atoms with Gasteiger partial charge in [-0.05, 0) is 31.0 Å². The highest BCUT2D eigenvalue weighted by Gasteiger charge is 2.37. The van der Waals surface area contributed by atoms with Gasteiger partial charge in [-0.15, -0.1) is 0 Å². The van der Waals surface area contributed by atoms with E-state index in [1.165, 1.54) is 12.8 Å². The number of ether oxygens (including phenoxy) is 1. The molecule has 3 aromatic rings. The standard InChI is InChI=1S/C21H26ClN6O2P/c1-23-19-18-15(22)12-24-20(18)27-21(26-19)25-16-6-5-14(11-17(16)30-2)31(29)9-7-28(8-10-31)13-3-4-13/h5-6,11-13H,3-4,7-10H2,1-2H3,(H3,23,24,25,26,27). The number of nitrogens with zero attached hydrogens (tertiary/aromatic N) is 3. The zero-order valence-electron chi connectivity index (χ0n) is 17.6. The topological polar surface area (TPSA) is 95.2 Å². The summed E-state index contributed by atoms with van der Waals surface area (Å²) in [6.45, 7) is 1.84. The van der Waals surface area contributed by atoms with Crippen LogP contribution in [-0.4, -0.2) is 65.5 Å². The number of anilines is 3. The number of nitrogens with one attached hydrogen (secondary N) is 3. The van der Waals surface area contributed by atoms with Crippen LogP contribution in [0.5, 0.6) is 5.75 Å². The highest BCUT2D eigenvalue weighted by atomic mass is 35.5. The Bertz CT molecular complexity index is 1170. The molecule has 1 saturated carbocycles. The zero-order valence-corrected chi connectivity index (χ0v) is 19.3. The predicted molar refractivity (Wildman–Crippen MR) is 126 cm³/mol. The SMILES string of the molecule is CNc1nc(Nc2ccc(P3(=O)CCN(C4CC4)CC3)cc2OC)nc2[nH]cc(Cl)c12. The van der Waals surface area contributed by atoms with Crippen molar-refractivity contribution in [2.75, 3.05) is 50.2 Å². The Balaban J connectivity index is 1.40. The number of aromatic nitrogens is 3. The minimum absolute atomic E-state index is 0.408. The largest absolute Gasteiger partial charge is 0.495 e. The molecular formula is C21H26ClN6O2P. The molecule has 1 aliphatic heterocycles. The normalized spacial score (nSPS) is 18.8. The first kappa shape index (κ1) is 20.6. The molecule has 0 spiro atoms. The van der Waals surface area contributed by atoms with E-state index in [0.29, 0.717) is 33.9 Å². The Morgan fingerprint density at radius 3 is 2.71 bits per heavy atom. The van der Waals surface area contributed by atoms with E-state index in [0.717, 1.165) is 42.1 Å². The second-order valence-electron chi connectivity index (χ2n) is 8.12. The summed E-state index contributed by atoms with van der Waals surface area (Å²) in [4.78, 5) is 14.6. The van der Waals surface area contributed by atoms with Crippen LogP contribution in [0.4, 0.5) is 17.5 Å². The van der Waals surface area contributed by atoms with Crippen LogP contribution in [0.1, 0.15) is 12.8 Å². The molecular weight excluding hydrogens is 435 g/mol. The molecule has 0 radical (unpaired) electrons. The van der Waals surface area contributed by atoms with Gasteiger partial charge in [-0.1, -0.05) is 11.6 Å². The third-order valence-corrected chi connectivity index (χ3v) is 9.54. The van der Waals surface area contributed by atoms with Crippen LogP contribution in [0.3, 0.4) is 0 Å². The number of methoxy groups -OCH3 is 1. The maximum Gasteiger partial charge on any atom is 0.231 e. The molecule has 2 aliphatic rings. The van der Waals surface area contributed by atoms with Crippen molar-refractivity contribution in [1.29, 1.82) is 0 Å². The highest BCUT2D eigenvalue weighted by molar-refractivity contribution is 7.71. The maximum atomic E-state index is 13.6. The number of H-pyrrole nitrogens is 1. The van der Waals surface area contributed by atoms with E-state index in [4.69, 9.17) is 16.3 Å². The fourth-order valence-electron chi connectivity index (χ4n) is 4.26. The minimum atomic E-state index is -2.41. The number of halogens is 1. The third-order valence-electron chi connectivity index (χ3n) is 6.18. The smallest absolute Gasteiger partial charge is 0.231 e. The van der Waals surface area contributed by atoms with Gasteiger partial charge in [0.05, 0.1) is 23.2 Å². The molecule has 2 fully saturated rings. The molecule has 5 rings (SSSR count). The van der Waals surface area contributed by atoms with Gasteiger partial charge in [0, 0.05) is 50.0 Å². The molecule has 164 valence electrons. The zero-order chi connectivity index (χ0) is 21.6. The Hall–Kier alpha value is -2.28. The predicted octanol–water partition coefficient (Wildman–Crippen LogP) is 3.87. The third kappa shape index (κ3) is 3.88. The molecule has 0 unspecified atom stereocenters. The van der Waals surface area contributed by atoms with Gasteiger partial charge in [0.2, 0.25) is 5.95 Å². The summed E-state index contributed by atoms with van der Waals surface area (Å²) in [5, 5.41) is 8.47. The van der Waals surface area contributed by atoms with Gasteiger partial charge in [0.1, 0.15) is 24.4 Å². The van der Waals surface area contributed by atoms with Gasteiger partial charge in [0.25, 0.3) is 0 Å². The number of aromatic amines is 1. The van der Waals surface area contributed by atoms with E-state index in [-0.39, 0.29) is 0 Å². The van der Waals surface area contributed by atoms with Crippen molar-refractivity contribution in [3.8, 4) is 5.75 Å². The van der Waals surface area contributed by atoms with Crippen LogP contribution in [-0.2, 0) is 4.57 Å². The summed E-state index contributed by atoms with van der Waals surface area (Å²) in [7, 11) is 0.992. The number of rotatable bonds is 6. The molecule has 1 saturated heterocycles. The quantitative estimate of drug-likeness (QED) is 0.480. The molecule has 2 aromatic heterocycles. The fourth-order valence-corrected chi connectivity index (χ4v) is 7.09. The Kier molecular flexibility index (Phi) is 5.32. The van der Waals surface area contributed by atoms with Gasteiger partial charge < -0.3 is 24.9 Å². The molecule has 10 heteroatoms. The Morgan fingerprint density at radius 2 is 2.03 bits per heavy atom. The molecule has 0 atom stereocenters. The monoisotopic (exact) mass is 460 g/mol. The molecule has 1 aliphatic carbocycles. The second kappa shape index (κ2) is 8.01. The first-order valence-electron chi connectivity index (χ1n) is 10.5. The van der Waals surface area contributed by atoms with Crippen LogP contribution in [0.15, 0.2) is 24.4 Å². The van der Waals surface area contributed by atoms with Crippen molar-refractivity contribution < 1.29 is 9.30 Å². The molecule has 0 bridgehead atoms. The lowest BCUT2D eigenvalue weighted by molar-refractivity contribution is 0.285. The summed E-state index contributed by atoms with van der Waals surface area (Å²) in [6.07, 6.45) is 5.73. The van der Waals surface area contributed by atoms with Crippen molar-refractivity contribution >= 4 is 52.5 Å². The van der Waals surface area contributed by atoms with Gasteiger partial charge >= 0.3 is 0 Å². The molecule has 1 aromatic carbocycles. The Morgan fingerprint density at radius 1 is 1.26 bits per heavy atom. The summed E-state index contributed by atoms with van der Waals surface area (Å²) >= 11 is 6.23. The van der Waals surface area contributed by atoms with Crippen LogP contribution in [0.2, 0.25) is 5.02 Å². The van der Waals surface area contributed by atoms with E-state index in [9.17, 15) is 4.57 Å². The summed E-state index contributed by atoms with van der Waals surface area (Å²) in [5.41, 5.74) is 1.35. The van der Waals surface area contributed by atoms with Crippen molar-refractivity contribution in [2.24, 2.45) is 0 Å². The first-order valence-corrected chi connectivity index (χ1v) is 13.0. The van der Waals surface area contributed by atoms with E-state index in [2.05, 4.69) is 30.5 Å². The maximum absolute atomic E-state index is 13.6. The van der Waals surface area contributed by atoms with E-state index < -0.39 is 7.14 Å². The lowest BCUT2D eigenvalue weighted by Gasteiger charge is -2.32. The first-order chi connectivity index (χ1) is 15.0. The van der Waals surface area contributed by atoms with Gasteiger partial charge in [0.15, 0.2) is 0 Å². The van der Waals surface area contributed by atoms with Crippen molar-refractivity contribution in [3.63, 3.8) is 0 Å². The lowest BCUT2D eigenvalue weighted by Crippen LogP contribution is -2.38. The van der Waals surface area contributed by atoms with E-state index >= 15 is 0 Å². The van der Waals surface area contributed by atoms with Crippen molar-refractivity contribution in [2.45, 2.75) is 18.9 Å². The molecule has 0 amide bonds. The van der Waals surface area contributed by atoms with Crippen molar-refractivity contribution in [1.82, 2.24) is 19.9 Å². The number of fused-ring (bicyclic) bond motifs is 1. The van der Waals surface area contributed by atoms with Crippen LogP contribution in [0, 0.1) is 0 Å². The van der Waals surface area contributed by atoms with Crippen LogP contribution < -0.4 is 20.7 Å². The fraction of sp³-hybridized carbons (Fsp3) is 0.429. The van der Waals surface area contributed by atoms with Gasteiger partial charge in [-0.25, -0.2) is 0 Å². The average Bonchev–Trinajstić information content (AvgIpc) is 3.57. The number of hydrogen-bond acceptors (Lipinski definition) is 7. The Labute approximate surface area is 186 Å². The van der Waals surface area contributed by atoms with E-state index in [1.807, 2.05) is 18.2 Å². The summed E-state index contributed by atoms with van der Waals surface area (Å²) < 4.78 is 19.3. The molecule has 3 N–H and O–H groups in total.